The third-order valence-electron chi connectivity index (χ3n) is 2.40. The summed E-state index contributed by atoms with van der Waals surface area (Å²) in [5, 5.41) is 19.1. The van der Waals surface area contributed by atoms with Crippen molar-refractivity contribution in [1.29, 1.82) is 0 Å². The maximum atomic E-state index is 11.6. The van der Waals surface area contributed by atoms with E-state index in [0.717, 1.165) is 0 Å². The summed E-state index contributed by atoms with van der Waals surface area (Å²) in [6, 6.07) is 6.59. The fraction of sp³-hybridized carbons (Fsp3) is 0.0833. The predicted molar refractivity (Wildman–Crippen MR) is 63.5 cm³/mol. The van der Waals surface area contributed by atoms with Crippen molar-refractivity contribution in [2.45, 2.75) is 6.92 Å². The Kier molecular flexibility index (Phi) is 2.81. The molecule has 0 fully saturated rings. The number of hydrogen-bond acceptors (Lipinski definition) is 4. The molecule has 1 aromatic carbocycles. The van der Waals surface area contributed by atoms with Crippen LogP contribution in [0.5, 0.6) is 11.7 Å². The number of benzene rings is 1. The van der Waals surface area contributed by atoms with Crippen molar-refractivity contribution in [3.8, 4) is 23.0 Å². The first-order valence-corrected chi connectivity index (χ1v) is 5.20. The lowest BCUT2D eigenvalue weighted by Gasteiger charge is -2.06. The summed E-state index contributed by atoms with van der Waals surface area (Å²) in [7, 11) is 0. The fourth-order valence-electron chi connectivity index (χ4n) is 1.48. The van der Waals surface area contributed by atoms with Gasteiger partial charge >= 0.3 is 5.95 Å². The van der Waals surface area contributed by atoms with Crippen LogP contribution in [0.25, 0.3) is 11.3 Å². The molecule has 0 amide bonds. The molecular formula is C12H9ClO4. The van der Waals surface area contributed by atoms with Gasteiger partial charge in [-0.25, -0.2) is 0 Å². The lowest BCUT2D eigenvalue weighted by molar-refractivity contribution is 0.292. The molecule has 17 heavy (non-hydrogen) atoms. The highest BCUT2D eigenvalue weighted by atomic mass is 35.5. The third-order valence-corrected chi connectivity index (χ3v) is 2.66. The van der Waals surface area contributed by atoms with Crippen molar-refractivity contribution < 1.29 is 14.6 Å². The topological polar surface area (TPSA) is 70.7 Å². The van der Waals surface area contributed by atoms with Crippen molar-refractivity contribution in [2.24, 2.45) is 0 Å². The summed E-state index contributed by atoms with van der Waals surface area (Å²) in [6.07, 6.45) is 0. The molecule has 0 bridgehead atoms. The van der Waals surface area contributed by atoms with E-state index in [-0.39, 0.29) is 11.3 Å². The van der Waals surface area contributed by atoms with Gasteiger partial charge in [-0.15, -0.1) is 0 Å². The highest BCUT2D eigenvalue weighted by Gasteiger charge is 2.16. The molecule has 0 aliphatic heterocycles. The van der Waals surface area contributed by atoms with Gasteiger partial charge in [-0.1, -0.05) is 11.6 Å². The maximum Gasteiger partial charge on any atom is 0.330 e. The zero-order valence-electron chi connectivity index (χ0n) is 8.90. The molecule has 2 rings (SSSR count). The van der Waals surface area contributed by atoms with Crippen LogP contribution in [0.1, 0.15) is 5.56 Å². The summed E-state index contributed by atoms with van der Waals surface area (Å²) in [5.74, 6) is -1.35. The van der Waals surface area contributed by atoms with E-state index in [2.05, 4.69) is 0 Å². The minimum atomic E-state index is -0.787. The van der Waals surface area contributed by atoms with E-state index in [9.17, 15) is 15.0 Å². The van der Waals surface area contributed by atoms with Crippen LogP contribution in [-0.4, -0.2) is 10.2 Å². The SMILES string of the molecule is Cc1c(-c2ccc(Cl)cc2)oc(O)c(O)c1=O. The standard InChI is InChI=1S/C12H9ClO4/c1-6-9(14)10(15)12(16)17-11(6)7-2-4-8(13)5-3-7/h2-5,15-16H,1H3. The van der Waals surface area contributed by atoms with Gasteiger partial charge in [-0.2, -0.15) is 0 Å². The molecule has 5 heteroatoms. The largest absolute Gasteiger partial charge is 0.499 e. The summed E-state index contributed by atoms with van der Waals surface area (Å²) in [6.45, 7) is 1.51. The maximum absolute atomic E-state index is 11.6. The molecule has 88 valence electrons. The van der Waals surface area contributed by atoms with Crippen LogP contribution in [0.3, 0.4) is 0 Å². The predicted octanol–water partition coefficient (Wildman–Crippen LogP) is 2.68. The summed E-state index contributed by atoms with van der Waals surface area (Å²) in [4.78, 5) is 11.6. The Morgan fingerprint density at radius 1 is 1.18 bits per heavy atom. The highest BCUT2D eigenvalue weighted by Crippen LogP contribution is 2.30. The van der Waals surface area contributed by atoms with Crippen molar-refractivity contribution in [2.75, 3.05) is 0 Å². The minimum Gasteiger partial charge on any atom is -0.499 e. The van der Waals surface area contributed by atoms with E-state index in [1.165, 1.54) is 6.92 Å². The fourth-order valence-corrected chi connectivity index (χ4v) is 1.60. The number of halogens is 1. The van der Waals surface area contributed by atoms with E-state index in [1.807, 2.05) is 0 Å². The molecule has 0 aliphatic rings. The molecule has 0 spiro atoms. The van der Waals surface area contributed by atoms with E-state index in [4.69, 9.17) is 16.0 Å². The van der Waals surface area contributed by atoms with E-state index >= 15 is 0 Å². The average Bonchev–Trinajstić information content (AvgIpc) is 2.32. The van der Waals surface area contributed by atoms with Gasteiger partial charge in [0.05, 0.1) is 0 Å². The summed E-state index contributed by atoms with van der Waals surface area (Å²) in [5.41, 5.74) is 0.167. The normalized spacial score (nSPS) is 10.5. The summed E-state index contributed by atoms with van der Waals surface area (Å²) < 4.78 is 5.01. The number of rotatable bonds is 1. The lowest BCUT2D eigenvalue weighted by Crippen LogP contribution is -2.05. The molecule has 0 radical (unpaired) electrons. The van der Waals surface area contributed by atoms with Crippen LogP contribution in [-0.2, 0) is 0 Å². The Morgan fingerprint density at radius 3 is 2.35 bits per heavy atom. The molecule has 4 nitrogen and oxygen atoms in total. The second-order valence-electron chi connectivity index (χ2n) is 3.55. The molecule has 2 N–H and O–H groups in total. The minimum absolute atomic E-state index is 0.210. The zero-order chi connectivity index (χ0) is 12.6. The van der Waals surface area contributed by atoms with Crippen LogP contribution in [0, 0.1) is 6.92 Å². The van der Waals surface area contributed by atoms with E-state index in [0.29, 0.717) is 10.6 Å². The lowest BCUT2D eigenvalue weighted by atomic mass is 10.1. The molecule has 0 saturated carbocycles. The Bertz CT molecular complexity index is 614. The quantitative estimate of drug-likeness (QED) is 0.819. The van der Waals surface area contributed by atoms with Crippen LogP contribution < -0.4 is 5.43 Å². The Hall–Kier alpha value is -1.94. The molecular weight excluding hydrogens is 244 g/mol. The Labute approximate surface area is 102 Å². The van der Waals surface area contributed by atoms with Gasteiger partial charge in [0, 0.05) is 16.1 Å². The first-order valence-electron chi connectivity index (χ1n) is 4.82. The third kappa shape index (κ3) is 1.99. The highest BCUT2D eigenvalue weighted by molar-refractivity contribution is 6.30. The van der Waals surface area contributed by atoms with Crippen LogP contribution in [0.15, 0.2) is 33.5 Å². The van der Waals surface area contributed by atoms with Gasteiger partial charge < -0.3 is 14.6 Å². The smallest absolute Gasteiger partial charge is 0.330 e. The van der Waals surface area contributed by atoms with Gasteiger partial charge in [0.25, 0.3) is 0 Å². The second kappa shape index (κ2) is 4.14. The average molecular weight is 253 g/mol. The zero-order valence-corrected chi connectivity index (χ0v) is 9.65. The van der Waals surface area contributed by atoms with Gasteiger partial charge in [0.2, 0.25) is 11.2 Å². The first-order chi connectivity index (χ1) is 8.00. The van der Waals surface area contributed by atoms with Crippen molar-refractivity contribution in [3.63, 3.8) is 0 Å². The van der Waals surface area contributed by atoms with Crippen molar-refractivity contribution >= 4 is 11.6 Å². The van der Waals surface area contributed by atoms with Crippen molar-refractivity contribution in [1.82, 2.24) is 0 Å². The van der Waals surface area contributed by atoms with Gasteiger partial charge in [0.1, 0.15) is 5.76 Å². The second-order valence-corrected chi connectivity index (χ2v) is 3.98. The van der Waals surface area contributed by atoms with Gasteiger partial charge in [-0.3, -0.25) is 4.79 Å². The molecule has 0 unspecified atom stereocenters. The van der Waals surface area contributed by atoms with Crippen LogP contribution in [0.4, 0.5) is 0 Å². The molecule has 1 aromatic heterocycles. The van der Waals surface area contributed by atoms with E-state index in [1.54, 1.807) is 24.3 Å². The number of aromatic hydroxyl groups is 2. The summed E-state index contributed by atoms with van der Waals surface area (Å²) >= 11 is 5.74. The van der Waals surface area contributed by atoms with Gasteiger partial charge in [-0.05, 0) is 31.2 Å². The van der Waals surface area contributed by atoms with Crippen LogP contribution >= 0.6 is 11.6 Å². The molecule has 1 heterocycles. The first kappa shape index (κ1) is 11.5. The van der Waals surface area contributed by atoms with Crippen molar-refractivity contribution in [3.05, 3.63) is 45.1 Å². The Balaban J connectivity index is 2.68. The molecule has 0 saturated heterocycles. The molecule has 2 aromatic rings. The Morgan fingerprint density at radius 2 is 1.76 bits per heavy atom. The van der Waals surface area contributed by atoms with E-state index < -0.39 is 17.1 Å². The molecule has 0 atom stereocenters. The molecule has 0 aliphatic carbocycles. The monoisotopic (exact) mass is 252 g/mol. The van der Waals surface area contributed by atoms with Crippen LogP contribution in [0.2, 0.25) is 5.02 Å². The number of hydrogen-bond donors (Lipinski definition) is 2. The van der Waals surface area contributed by atoms with Gasteiger partial charge in [0.15, 0.2) is 0 Å².